The molecular formula is C30H37N5O4. The molecule has 0 unspecified atom stereocenters. The van der Waals surface area contributed by atoms with Crippen LogP contribution in [-0.4, -0.2) is 69.5 Å². The van der Waals surface area contributed by atoms with Crippen molar-refractivity contribution >= 4 is 33.9 Å². The van der Waals surface area contributed by atoms with Crippen molar-refractivity contribution in [2.75, 3.05) is 26.8 Å². The maximum atomic E-state index is 13.5. The first kappa shape index (κ1) is 26.7. The first-order valence-electron chi connectivity index (χ1n) is 13.5. The molecule has 2 amide bonds. The minimum Gasteiger partial charge on any atom is -0.444 e. The molecule has 1 aliphatic rings. The van der Waals surface area contributed by atoms with Gasteiger partial charge >= 0.3 is 6.09 Å². The van der Waals surface area contributed by atoms with Crippen molar-refractivity contribution in [1.29, 1.82) is 0 Å². The highest BCUT2D eigenvalue weighted by Gasteiger charge is 2.28. The number of benzene rings is 2. The number of aromatic nitrogens is 3. The van der Waals surface area contributed by atoms with Crippen LogP contribution in [0.15, 0.2) is 48.5 Å². The molecule has 1 saturated heterocycles. The van der Waals surface area contributed by atoms with Gasteiger partial charge in [-0.3, -0.25) is 4.79 Å². The van der Waals surface area contributed by atoms with Gasteiger partial charge in [0.15, 0.2) is 5.82 Å². The van der Waals surface area contributed by atoms with Crippen molar-refractivity contribution in [1.82, 2.24) is 24.3 Å². The zero-order valence-corrected chi connectivity index (χ0v) is 23.4. The van der Waals surface area contributed by atoms with Gasteiger partial charge in [0.25, 0.3) is 5.91 Å². The Morgan fingerprint density at radius 2 is 1.90 bits per heavy atom. The summed E-state index contributed by atoms with van der Waals surface area (Å²) in [5.41, 5.74) is 3.88. The zero-order chi connectivity index (χ0) is 27.7. The van der Waals surface area contributed by atoms with Gasteiger partial charge in [-0.15, -0.1) is 0 Å². The molecular weight excluding hydrogens is 494 g/mol. The van der Waals surface area contributed by atoms with Gasteiger partial charge in [-0.05, 0) is 63.9 Å². The second-order valence-corrected chi connectivity index (χ2v) is 11.2. The number of ether oxygens (including phenoxy) is 2. The van der Waals surface area contributed by atoms with E-state index < -0.39 is 11.7 Å². The summed E-state index contributed by atoms with van der Waals surface area (Å²) >= 11 is 0. The lowest BCUT2D eigenvalue weighted by atomic mass is 10.0. The summed E-state index contributed by atoms with van der Waals surface area (Å²) in [6, 6.07) is 16.0. The number of alkyl carbamates (subject to hydrolysis) is 1. The molecule has 0 spiro atoms. The molecule has 0 saturated carbocycles. The van der Waals surface area contributed by atoms with E-state index in [1.165, 1.54) is 0 Å². The maximum Gasteiger partial charge on any atom is 0.407 e. The zero-order valence-electron chi connectivity index (χ0n) is 23.4. The highest BCUT2D eigenvalue weighted by molar-refractivity contribution is 5.98. The molecule has 1 aliphatic heterocycles. The van der Waals surface area contributed by atoms with Crippen LogP contribution in [0.3, 0.4) is 0 Å². The Labute approximate surface area is 228 Å². The molecule has 9 nitrogen and oxygen atoms in total. The molecule has 39 heavy (non-hydrogen) atoms. The number of piperidine rings is 1. The Bertz CT molecular complexity index is 1510. The second-order valence-electron chi connectivity index (χ2n) is 11.2. The predicted molar refractivity (Wildman–Crippen MR) is 152 cm³/mol. The van der Waals surface area contributed by atoms with Crippen LogP contribution in [-0.2, 0) is 23.1 Å². The average Bonchev–Trinajstić information content (AvgIpc) is 3.42. The summed E-state index contributed by atoms with van der Waals surface area (Å²) in [4.78, 5) is 32.5. The van der Waals surface area contributed by atoms with Crippen LogP contribution in [0.5, 0.6) is 0 Å². The molecule has 3 heterocycles. The van der Waals surface area contributed by atoms with Crippen molar-refractivity contribution in [2.45, 2.75) is 51.8 Å². The topological polar surface area (TPSA) is 90.6 Å². The number of hydrogen-bond donors (Lipinski definition) is 1. The van der Waals surface area contributed by atoms with Crippen molar-refractivity contribution in [3.05, 3.63) is 54.1 Å². The molecule has 2 aromatic carbocycles. The Morgan fingerprint density at radius 3 is 2.67 bits per heavy atom. The fraction of sp³-hybridized carbons (Fsp3) is 0.433. The van der Waals surface area contributed by atoms with Crippen LogP contribution < -0.4 is 5.32 Å². The van der Waals surface area contributed by atoms with Crippen LogP contribution in [0, 0.1) is 0 Å². The number of nitrogens with one attached hydrogen (secondary N) is 1. The van der Waals surface area contributed by atoms with Gasteiger partial charge in [0.2, 0.25) is 0 Å². The van der Waals surface area contributed by atoms with E-state index in [1.54, 1.807) is 12.0 Å². The molecule has 0 radical (unpaired) electrons. The number of hydrogen-bond acceptors (Lipinski definition) is 5. The second kappa shape index (κ2) is 10.7. The third-order valence-electron chi connectivity index (χ3n) is 7.12. The Hall–Kier alpha value is -3.85. The molecule has 0 bridgehead atoms. The number of amides is 2. The molecule has 5 rings (SSSR count). The summed E-state index contributed by atoms with van der Waals surface area (Å²) in [5.74, 6) is 0.774. The van der Waals surface area contributed by atoms with E-state index in [4.69, 9.17) is 14.5 Å². The van der Waals surface area contributed by atoms with Crippen LogP contribution >= 0.6 is 0 Å². The molecule has 1 atom stereocenters. The number of fused-ring (bicyclic) bond motifs is 2. The molecule has 0 aliphatic carbocycles. The fourth-order valence-corrected chi connectivity index (χ4v) is 5.32. The Kier molecular flexibility index (Phi) is 7.36. The fourth-order valence-electron chi connectivity index (χ4n) is 5.32. The molecule has 1 N–H and O–H groups in total. The Balaban J connectivity index is 1.40. The quantitative estimate of drug-likeness (QED) is 0.379. The SMILES string of the molecule is COCCn1c(-c2nc3cc(C(=O)N4CCC[C@@H](NC(=O)OC(C)(C)C)C4)ccc3n2C)cc2ccccc21. The number of para-hydroxylation sites is 1. The number of methoxy groups -OCH3 is 1. The van der Waals surface area contributed by atoms with Gasteiger partial charge in [0, 0.05) is 56.3 Å². The lowest BCUT2D eigenvalue weighted by molar-refractivity contribution is 0.0452. The van der Waals surface area contributed by atoms with E-state index in [0.29, 0.717) is 31.8 Å². The highest BCUT2D eigenvalue weighted by Crippen LogP contribution is 2.30. The molecule has 4 aromatic rings. The lowest BCUT2D eigenvalue weighted by Crippen LogP contribution is -2.50. The van der Waals surface area contributed by atoms with Gasteiger partial charge in [0.1, 0.15) is 5.60 Å². The van der Waals surface area contributed by atoms with Gasteiger partial charge < -0.3 is 28.8 Å². The van der Waals surface area contributed by atoms with Gasteiger partial charge in [-0.1, -0.05) is 18.2 Å². The van der Waals surface area contributed by atoms with E-state index in [2.05, 4.69) is 32.7 Å². The van der Waals surface area contributed by atoms with E-state index in [9.17, 15) is 9.59 Å². The minimum atomic E-state index is -0.566. The van der Waals surface area contributed by atoms with Gasteiger partial charge in [-0.25, -0.2) is 9.78 Å². The summed E-state index contributed by atoms with van der Waals surface area (Å²) in [7, 11) is 3.71. The summed E-state index contributed by atoms with van der Waals surface area (Å²) in [6.07, 6.45) is 1.17. The minimum absolute atomic E-state index is 0.0611. The number of carbonyl (C=O) groups excluding carboxylic acids is 2. The van der Waals surface area contributed by atoms with Crippen molar-refractivity contribution in [3.63, 3.8) is 0 Å². The molecule has 1 fully saturated rings. The van der Waals surface area contributed by atoms with E-state index in [0.717, 1.165) is 46.3 Å². The third kappa shape index (κ3) is 5.63. The number of imidazole rings is 1. The molecule has 206 valence electrons. The van der Waals surface area contributed by atoms with Gasteiger partial charge in [-0.2, -0.15) is 0 Å². The monoisotopic (exact) mass is 531 g/mol. The normalized spacial score (nSPS) is 16.1. The van der Waals surface area contributed by atoms with E-state index >= 15 is 0 Å². The maximum absolute atomic E-state index is 13.5. The van der Waals surface area contributed by atoms with Crippen LogP contribution in [0.4, 0.5) is 4.79 Å². The number of nitrogens with zero attached hydrogens (tertiary/aromatic N) is 4. The number of carbonyl (C=O) groups is 2. The van der Waals surface area contributed by atoms with Crippen LogP contribution in [0.2, 0.25) is 0 Å². The number of aryl methyl sites for hydroxylation is 1. The molecule has 2 aromatic heterocycles. The van der Waals surface area contributed by atoms with Crippen LogP contribution in [0.25, 0.3) is 33.5 Å². The predicted octanol–water partition coefficient (Wildman–Crippen LogP) is 4.97. The highest BCUT2D eigenvalue weighted by atomic mass is 16.6. The number of likely N-dealkylation sites (tertiary alicyclic amines) is 1. The average molecular weight is 532 g/mol. The third-order valence-corrected chi connectivity index (χ3v) is 7.12. The van der Waals surface area contributed by atoms with Gasteiger partial charge in [0.05, 0.1) is 23.3 Å². The van der Waals surface area contributed by atoms with Crippen molar-refractivity contribution < 1.29 is 19.1 Å². The molecule has 9 heteroatoms. The van der Waals surface area contributed by atoms with E-state index in [1.807, 2.05) is 58.2 Å². The smallest absolute Gasteiger partial charge is 0.407 e. The standard InChI is InChI=1S/C30H37N5O4/c1-30(2,3)39-29(37)31-22-10-8-14-34(19-22)28(36)21-12-13-25-23(17-21)32-27(33(25)4)26-18-20-9-6-7-11-24(20)35(26)15-16-38-5/h6-7,9,11-13,17-18,22H,8,10,14-16,19H2,1-5H3,(H,31,37)/t22-/m1/s1. The first-order chi connectivity index (χ1) is 18.6. The summed E-state index contributed by atoms with van der Waals surface area (Å²) in [6.45, 7) is 7.90. The summed E-state index contributed by atoms with van der Waals surface area (Å²) < 4.78 is 15.1. The first-order valence-corrected chi connectivity index (χ1v) is 13.5. The van der Waals surface area contributed by atoms with E-state index in [-0.39, 0.29) is 11.9 Å². The van der Waals surface area contributed by atoms with Crippen molar-refractivity contribution in [2.24, 2.45) is 7.05 Å². The largest absolute Gasteiger partial charge is 0.444 e. The lowest BCUT2D eigenvalue weighted by Gasteiger charge is -2.33. The summed E-state index contributed by atoms with van der Waals surface area (Å²) in [5, 5.41) is 4.06. The van der Waals surface area contributed by atoms with Crippen LogP contribution in [0.1, 0.15) is 44.0 Å². The number of rotatable bonds is 6. The van der Waals surface area contributed by atoms with Crippen molar-refractivity contribution in [3.8, 4) is 11.5 Å². The Morgan fingerprint density at radius 1 is 1.10 bits per heavy atom.